The van der Waals surface area contributed by atoms with Crippen LogP contribution in [-0.2, 0) is 17.6 Å². The molecule has 138 valence electrons. The zero-order valence-corrected chi connectivity index (χ0v) is 14.9. The number of carbonyl (C=O) groups is 1. The normalized spacial score (nSPS) is 13.7. The van der Waals surface area contributed by atoms with Crippen LogP contribution in [0.25, 0.3) is 6.08 Å². The molecule has 0 bridgehead atoms. The second-order valence-corrected chi connectivity index (χ2v) is 6.79. The molecule has 8 heteroatoms. The van der Waals surface area contributed by atoms with Crippen LogP contribution >= 0.6 is 11.3 Å². The minimum atomic E-state index is -2.93. The van der Waals surface area contributed by atoms with Crippen molar-refractivity contribution in [2.45, 2.75) is 32.3 Å². The van der Waals surface area contributed by atoms with Gasteiger partial charge in [0.2, 0.25) is 5.91 Å². The molecule has 0 atom stereocenters. The molecule has 0 aliphatic heterocycles. The molecular formula is C18H18F2N2O3S. The van der Waals surface area contributed by atoms with Gasteiger partial charge in [-0.3, -0.25) is 10.1 Å². The van der Waals surface area contributed by atoms with Crippen LogP contribution in [0.1, 0.15) is 29.0 Å². The lowest BCUT2D eigenvalue weighted by molar-refractivity contribution is -0.111. The molecule has 1 amide bonds. The molecule has 1 aromatic carbocycles. The Kier molecular flexibility index (Phi) is 5.82. The van der Waals surface area contributed by atoms with E-state index in [1.807, 2.05) is 0 Å². The average molecular weight is 380 g/mol. The highest BCUT2D eigenvalue weighted by Crippen LogP contribution is 2.31. The number of hydrogen-bond donors (Lipinski definition) is 1. The maximum Gasteiger partial charge on any atom is 0.387 e. The van der Waals surface area contributed by atoms with Gasteiger partial charge < -0.3 is 9.47 Å². The third-order valence-corrected chi connectivity index (χ3v) is 4.98. The van der Waals surface area contributed by atoms with Crippen LogP contribution in [0.5, 0.6) is 11.5 Å². The van der Waals surface area contributed by atoms with E-state index >= 15 is 0 Å². The van der Waals surface area contributed by atoms with Crippen molar-refractivity contribution in [2.75, 3.05) is 12.4 Å². The number of methoxy groups -OCH3 is 1. The molecule has 2 aromatic rings. The molecule has 1 aromatic heterocycles. The van der Waals surface area contributed by atoms with E-state index in [0.717, 1.165) is 31.4 Å². The monoisotopic (exact) mass is 380 g/mol. The smallest absolute Gasteiger partial charge is 0.387 e. The first kappa shape index (κ1) is 18.3. The summed E-state index contributed by atoms with van der Waals surface area (Å²) in [5.74, 6) is -0.194. The fourth-order valence-corrected chi connectivity index (χ4v) is 3.76. The third-order valence-electron chi connectivity index (χ3n) is 3.91. The number of nitrogens with one attached hydrogen (secondary N) is 1. The average Bonchev–Trinajstić information content (AvgIpc) is 3.02. The number of ether oxygens (including phenoxy) is 2. The number of nitrogens with zero attached hydrogens (tertiary/aromatic N) is 1. The van der Waals surface area contributed by atoms with Gasteiger partial charge in [-0.25, -0.2) is 4.98 Å². The van der Waals surface area contributed by atoms with Crippen LogP contribution in [0, 0.1) is 0 Å². The van der Waals surface area contributed by atoms with Crippen molar-refractivity contribution in [1.82, 2.24) is 4.98 Å². The predicted octanol–water partition coefficient (Wildman–Crippen LogP) is 4.28. The summed E-state index contributed by atoms with van der Waals surface area (Å²) >= 11 is 1.51. The molecule has 0 fully saturated rings. The van der Waals surface area contributed by atoms with Crippen molar-refractivity contribution in [3.8, 4) is 11.5 Å². The molecule has 1 heterocycles. The van der Waals surface area contributed by atoms with Crippen LogP contribution in [0.4, 0.5) is 13.9 Å². The fourth-order valence-electron chi connectivity index (χ4n) is 2.71. The maximum absolute atomic E-state index is 12.3. The van der Waals surface area contributed by atoms with Crippen molar-refractivity contribution in [2.24, 2.45) is 0 Å². The van der Waals surface area contributed by atoms with E-state index in [9.17, 15) is 13.6 Å². The highest BCUT2D eigenvalue weighted by atomic mass is 32.1. The number of aromatic nitrogens is 1. The van der Waals surface area contributed by atoms with Crippen LogP contribution in [0.15, 0.2) is 24.3 Å². The Morgan fingerprint density at radius 2 is 2.12 bits per heavy atom. The molecule has 0 saturated carbocycles. The first-order valence-electron chi connectivity index (χ1n) is 8.15. The number of benzene rings is 1. The maximum atomic E-state index is 12.3. The van der Waals surface area contributed by atoms with E-state index in [1.165, 1.54) is 41.5 Å². The minimum absolute atomic E-state index is 0.0579. The summed E-state index contributed by atoms with van der Waals surface area (Å²) in [6.07, 6.45) is 7.21. The molecule has 5 nitrogen and oxygen atoms in total. The summed E-state index contributed by atoms with van der Waals surface area (Å²) in [4.78, 5) is 17.8. The lowest BCUT2D eigenvalue weighted by Gasteiger charge is -2.10. The summed E-state index contributed by atoms with van der Waals surface area (Å²) < 4.78 is 34.1. The number of amides is 1. The van der Waals surface area contributed by atoms with E-state index in [-0.39, 0.29) is 17.4 Å². The quantitative estimate of drug-likeness (QED) is 0.760. The lowest BCUT2D eigenvalue weighted by Crippen LogP contribution is -2.07. The van der Waals surface area contributed by atoms with Crippen molar-refractivity contribution in [3.05, 3.63) is 40.4 Å². The second-order valence-electron chi connectivity index (χ2n) is 5.71. The van der Waals surface area contributed by atoms with Crippen molar-refractivity contribution in [1.29, 1.82) is 0 Å². The van der Waals surface area contributed by atoms with Gasteiger partial charge >= 0.3 is 6.61 Å². The Morgan fingerprint density at radius 1 is 1.31 bits per heavy atom. The van der Waals surface area contributed by atoms with Crippen molar-refractivity contribution < 1.29 is 23.0 Å². The zero-order valence-electron chi connectivity index (χ0n) is 14.1. The van der Waals surface area contributed by atoms with Gasteiger partial charge in [-0.2, -0.15) is 8.78 Å². The third kappa shape index (κ3) is 4.57. The SMILES string of the molecule is COc1cc(C=CC(=O)Nc2nc3c(s2)CCCC3)ccc1OC(F)F. The highest BCUT2D eigenvalue weighted by molar-refractivity contribution is 7.15. The molecule has 0 spiro atoms. The number of thiazole rings is 1. The molecule has 0 unspecified atom stereocenters. The largest absolute Gasteiger partial charge is 0.493 e. The fraction of sp³-hybridized carbons (Fsp3) is 0.333. The minimum Gasteiger partial charge on any atom is -0.493 e. The van der Waals surface area contributed by atoms with Gasteiger partial charge in [-0.05, 0) is 49.5 Å². The topological polar surface area (TPSA) is 60.5 Å². The zero-order chi connectivity index (χ0) is 18.5. The Balaban J connectivity index is 1.65. The summed E-state index contributed by atoms with van der Waals surface area (Å²) in [6.45, 7) is -2.93. The number of rotatable bonds is 6. The van der Waals surface area contributed by atoms with E-state index in [2.05, 4.69) is 15.0 Å². The molecule has 0 radical (unpaired) electrons. The molecular weight excluding hydrogens is 362 g/mol. The van der Waals surface area contributed by atoms with E-state index < -0.39 is 6.61 Å². The summed E-state index contributed by atoms with van der Waals surface area (Å²) in [5, 5.41) is 3.36. The van der Waals surface area contributed by atoms with E-state index in [4.69, 9.17) is 4.74 Å². The molecule has 26 heavy (non-hydrogen) atoms. The van der Waals surface area contributed by atoms with Crippen LogP contribution < -0.4 is 14.8 Å². The van der Waals surface area contributed by atoms with Gasteiger partial charge in [0.1, 0.15) is 0 Å². The lowest BCUT2D eigenvalue weighted by atomic mass is 10.0. The second kappa shape index (κ2) is 8.27. The number of aryl methyl sites for hydroxylation is 2. The van der Waals surface area contributed by atoms with Gasteiger partial charge in [-0.1, -0.05) is 6.07 Å². The first-order valence-corrected chi connectivity index (χ1v) is 8.97. The Morgan fingerprint density at radius 3 is 2.85 bits per heavy atom. The van der Waals surface area contributed by atoms with Gasteiger partial charge in [0, 0.05) is 11.0 Å². The Hall–Kier alpha value is -2.48. The number of fused-ring (bicyclic) bond motifs is 1. The van der Waals surface area contributed by atoms with Crippen LogP contribution in [0.2, 0.25) is 0 Å². The molecule has 1 N–H and O–H groups in total. The van der Waals surface area contributed by atoms with Crippen LogP contribution in [0.3, 0.4) is 0 Å². The number of hydrogen-bond acceptors (Lipinski definition) is 5. The summed E-state index contributed by atoms with van der Waals surface area (Å²) in [5.41, 5.74) is 1.71. The number of carbonyl (C=O) groups excluding carboxylic acids is 1. The summed E-state index contributed by atoms with van der Waals surface area (Å²) in [6, 6.07) is 4.45. The highest BCUT2D eigenvalue weighted by Gasteiger charge is 2.15. The van der Waals surface area contributed by atoms with Gasteiger partial charge in [0.25, 0.3) is 0 Å². The first-order chi connectivity index (χ1) is 12.5. The predicted molar refractivity (Wildman–Crippen MR) is 96.0 cm³/mol. The molecule has 0 saturated heterocycles. The van der Waals surface area contributed by atoms with Gasteiger partial charge in [0.15, 0.2) is 16.6 Å². The Bertz CT molecular complexity index is 797. The standard InChI is InChI=1S/C18H18F2N2O3S/c1-24-14-10-11(6-8-13(14)25-17(19)20)7-9-16(23)22-18-21-12-4-2-3-5-15(12)26-18/h6-10,17H,2-5H2,1H3,(H,21,22,23). The molecule has 1 aliphatic rings. The van der Waals surface area contributed by atoms with E-state index in [0.29, 0.717) is 10.7 Å². The van der Waals surface area contributed by atoms with E-state index in [1.54, 1.807) is 12.1 Å². The molecule has 1 aliphatic carbocycles. The number of halogens is 2. The van der Waals surface area contributed by atoms with Crippen molar-refractivity contribution in [3.63, 3.8) is 0 Å². The van der Waals surface area contributed by atoms with Crippen LogP contribution in [-0.4, -0.2) is 24.6 Å². The number of alkyl halides is 2. The van der Waals surface area contributed by atoms with Crippen molar-refractivity contribution >= 4 is 28.5 Å². The molecule has 3 rings (SSSR count). The van der Waals surface area contributed by atoms with Gasteiger partial charge in [-0.15, -0.1) is 11.3 Å². The van der Waals surface area contributed by atoms with Gasteiger partial charge in [0.05, 0.1) is 12.8 Å². The number of anilines is 1. The summed E-state index contributed by atoms with van der Waals surface area (Å²) in [7, 11) is 1.36. The Labute approximate surface area is 153 Å².